The van der Waals surface area contributed by atoms with Gasteiger partial charge in [-0.2, -0.15) is 0 Å². The van der Waals surface area contributed by atoms with Crippen LogP contribution in [0.3, 0.4) is 0 Å². The Kier molecular flexibility index (Phi) is 5.58. The zero-order valence-electron chi connectivity index (χ0n) is 13.4. The molecule has 5 nitrogen and oxygen atoms in total. The third-order valence-corrected chi connectivity index (χ3v) is 5.09. The van der Waals surface area contributed by atoms with Gasteiger partial charge in [-0.3, -0.25) is 4.79 Å². The number of amides is 1. The molecule has 3 aromatic carbocycles. The first-order valence-electron chi connectivity index (χ1n) is 7.65. The second kappa shape index (κ2) is 7.88. The Morgan fingerprint density at radius 1 is 1.04 bits per heavy atom. The highest BCUT2D eigenvalue weighted by molar-refractivity contribution is 9.11. The summed E-state index contributed by atoms with van der Waals surface area (Å²) in [4.78, 5) is 15.8. The van der Waals surface area contributed by atoms with E-state index in [-0.39, 0.29) is 22.5 Å². The van der Waals surface area contributed by atoms with Gasteiger partial charge in [0, 0.05) is 17.5 Å². The Morgan fingerprint density at radius 3 is 2.54 bits per heavy atom. The maximum atomic E-state index is 12.0. The molecule has 0 bridgehead atoms. The number of anilines is 1. The molecule has 0 spiro atoms. The summed E-state index contributed by atoms with van der Waals surface area (Å²) in [6.45, 7) is 0.0238. The van der Waals surface area contributed by atoms with Crippen LogP contribution in [0.4, 0.5) is 5.69 Å². The largest absolute Gasteiger partial charge is 0.506 e. The van der Waals surface area contributed by atoms with Gasteiger partial charge in [0.25, 0.3) is 5.91 Å². The van der Waals surface area contributed by atoms with Crippen molar-refractivity contribution in [2.75, 3.05) is 11.9 Å². The van der Waals surface area contributed by atoms with Gasteiger partial charge < -0.3 is 15.5 Å². The highest BCUT2D eigenvalue weighted by Gasteiger charge is 2.13. The van der Waals surface area contributed by atoms with Crippen molar-refractivity contribution >= 4 is 60.4 Å². The first-order chi connectivity index (χ1) is 12.5. The normalized spacial score (nSPS) is 11.2. The monoisotopic (exact) mass is 476 g/mol. The molecule has 0 atom stereocenters. The zero-order valence-corrected chi connectivity index (χ0v) is 16.6. The lowest BCUT2D eigenvalue weighted by Crippen LogP contribution is -2.11. The summed E-state index contributed by atoms with van der Waals surface area (Å²) in [6, 6.07) is 15.3. The summed E-state index contributed by atoms with van der Waals surface area (Å²) in [5.74, 6) is -0.702. The summed E-state index contributed by atoms with van der Waals surface area (Å²) >= 11 is 6.25. The molecule has 3 N–H and O–H groups in total. The zero-order chi connectivity index (χ0) is 18.7. The number of phenols is 2. The second-order valence-corrected chi connectivity index (χ2v) is 7.17. The summed E-state index contributed by atoms with van der Waals surface area (Å²) < 4.78 is 0.514. The molecule has 3 rings (SSSR count). The second-order valence-electron chi connectivity index (χ2n) is 5.53. The van der Waals surface area contributed by atoms with Crippen LogP contribution in [0.15, 0.2) is 62.5 Å². The molecule has 0 unspecified atom stereocenters. The van der Waals surface area contributed by atoms with E-state index in [1.165, 1.54) is 12.3 Å². The minimum absolute atomic E-state index is 0.0238. The minimum Gasteiger partial charge on any atom is -0.506 e. The van der Waals surface area contributed by atoms with Crippen molar-refractivity contribution < 1.29 is 15.0 Å². The van der Waals surface area contributed by atoms with Crippen LogP contribution >= 0.6 is 31.9 Å². The fraction of sp³-hybridized carbons (Fsp3) is 0.0526. The SMILES string of the molecule is O=C(CNc1ccc2ccccc2c1)N=Cc1cc(Br)c(O)c(Br)c1O. The van der Waals surface area contributed by atoms with Crippen LogP contribution in [-0.2, 0) is 4.79 Å². The molecule has 0 heterocycles. The lowest BCUT2D eigenvalue weighted by molar-refractivity contribution is -0.116. The summed E-state index contributed by atoms with van der Waals surface area (Å²) in [5, 5.41) is 24.9. The smallest absolute Gasteiger partial charge is 0.264 e. The van der Waals surface area contributed by atoms with Gasteiger partial charge in [0.05, 0.1) is 11.0 Å². The van der Waals surface area contributed by atoms with Crippen LogP contribution in [-0.4, -0.2) is 28.9 Å². The van der Waals surface area contributed by atoms with Crippen LogP contribution in [0.5, 0.6) is 11.5 Å². The molecular formula is C19H14Br2N2O3. The third-order valence-electron chi connectivity index (χ3n) is 3.74. The number of aliphatic imine (C=N–C) groups is 1. The third kappa shape index (κ3) is 4.05. The van der Waals surface area contributed by atoms with Crippen molar-refractivity contribution in [2.45, 2.75) is 0 Å². The Labute approximate surface area is 166 Å². The van der Waals surface area contributed by atoms with E-state index < -0.39 is 5.91 Å². The molecule has 0 saturated heterocycles. The number of fused-ring (bicyclic) bond motifs is 1. The molecule has 0 fully saturated rings. The fourth-order valence-electron chi connectivity index (χ4n) is 2.38. The molecular weight excluding hydrogens is 464 g/mol. The Morgan fingerprint density at radius 2 is 1.77 bits per heavy atom. The van der Waals surface area contributed by atoms with Gasteiger partial charge in [-0.1, -0.05) is 30.3 Å². The van der Waals surface area contributed by atoms with Crippen LogP contribution in [0, 0.1) is 0 Å². The molecule has 7 heteroatoms. The van der Waals surface area contributed by atoms with E-state index in [9.17, 15) is 15.0 Å². The van der Waals surface area contributed by atoms with Crippen LogP contribution < -0.4 is 5.32 Å². The van der Waals surface area contributed by atoms with Gasteiger partial charge in [-0.25, -0.2) is 4.99 Å². The maximum absolute atomic E-state index is 12.0. The fourth-order valence-corrected chi connectivity index (χ4v) is 3.53. The number of hydrogen-bond donors (Lipinski definition) is 3. The lowest BCUT2D eigenvalue weighted by Gasteiger charge is -2.07. The van der Waals surface area contributed by atoms with E-state index in [1.807, 2.05) is 42.5 Å². The number of nitrogens with one attached hydrogen (secondary N) is 1. The molecule has 0 aliphatic heterocycles. The number of nitrogens with zero attached hydrogens (tertiary/aromatic N) is 1. The van der Waals surface area contributed by atoms with Gasteiger partial charge >= 0.3 is 0 Å². The predicted octanol–water partition coefficient (Wildman–Crippen LogP) is 4.83. The van der Waals surface area contributed by atoms with E-state index in [0.29, 0.717) is 10.0 Å². The highest BCUT2D eigenvalue weighted by atomic mass is 79.9. The van der Waals surface area contributed by atoms with Gasteiger partial charge in [-0.15, -0.1) is 0 Å². The standard InChI is InChI=1S/C19H14Br2N2O3/c20-15-8-13(18(25)17(21)19(15)26)9-23-16(24)10-22-14-6-5-11-3-1-2-4-12(11)7-14/h1-9,22,25-26H,10H2. The number of aromatic hydroxyl groups is 2. The number of halogens is 2. The van der Waals surface area contributed by atoms with Gasteiger partial charge in [0.2, 0.25) is 0 Å². The van der Waals surface area contributed by atoms with E-state index in [4.69, 9.17) is 0 Å². The minimum atomic E-state index is -0.391. The maximum Gasteiger partial charge on any atom is 0.264 e. The summed E-state index contributed by atoms with van der Waals surface area (Å²) in [7, 11) is 0. The molecule has 26 heavy (non-hydrogen) atoms. The van der Waals surface area contributed by atoms with Crippen molar-refractivity contribution in [2.24, 2.45) is 4.99 Å². The molecule has 0 aliphatic carbocycles. The van der Waals surface area contributed by atoms with Crippen LogP contribution in [0.25, 0.3) is 10.8 Å². The molecule has 0 aliphatic rings. The average Bonchev–Trinajstić information content (AvgIpc) is 2.66. The summed E-state index contributed by atoms with van der Waals surface area (Å²) in [6.07, 6.45) is 1.26. The summed E-state index contributed by atoms with van der Waals surface area (Å²) in [5.41, 5.74) is 1.13. The van der Waals surface area contributed by atoms with E-state index in [2.05, 4.69) is 42.2 Å². The van der Waals surface area contributed by atoms with Gasteiger partial charge in [0.15, 0.2) is 0 Å². The molecule has 132 valence electrons. The molecule has 3 aromatic rings. The van der Waals surface area contributed by atoms with E-state index >= 15 is 0 Å². The predicted molar refractivity (Wildman–Crippen MR) is 110 cm³/mol. The number of carbonyl (C=O) groups is 1. The molecule has 1 amide bonds. The number of phenolic OH excluding ortho intramolecular Hbond substituents is 2. The quantitative estimate of drug-likeness (QED) is 0.470. The molecule has 0 radical (unpaired) electrons. The lowest BCUT2D eigenvalue weighted by atomic mass is 10.1. The van der Waals surface area contributed by atoms with Crippen LogP contribution in [0.1, 0.15) is 5.56 Å². The topological polar surface area (TPSA) is 81.9 Å². The molecule has 0 aromatic heterocycles. The number of hydrogen-bond acceptors (Lipinski definition) is 4. The number of rotatable bonds is 4. The Hall–Kier alpha value is -2.38. The van der Waals surface area contributed by atoms with Crippen molar-refractivity contribution in [3.63, 3.8) is 0 Å². The first-order valence-corrected chi connectivity index (χ1v) is 9.24. The Balaban J connectivity index is 1.68. The van der Waals surface area contributed by atoms with Crippen molar-refractivity contribution in [3.05, 3.63) is 63.0 Å². The van der Waals surface area contributed by atoms with Crippen molar-refractivity contribution in [1.29, 1.82) is 0 Å². The number of carbonyl (C=O) groups excluding carboxylic acids is 1. The number of benzene rings is 3. The van der Waals surface area contributed by atoms with Gasteiger partial charge in [0.1, 0.15) is 16.0 Å². The van der Waals surface area contributed by atoms with Crippen molar-refractivity contribution in [1.82, 2.24) is 0 Å². The van der Waals surface area contributed by atoms with E-state index in [1.54, 1.807) is 0 Å². The van der Waals surface area contributed by atoms with E-state index in [0.717, 1.165) is 16.5 Å². The highest BCUT2D eigenvalue weighted by Crippen LogP contribution is 2.40. The average molecular weight is 478 g/mol. The van der Waals surface area contributed by atoms with Crippen molar-refractivity contribution in [3.8, 4) is 11.5 Å². The van der Waals surface area contributed by atoms with Crippen LogP contribution in [0.2, 0.25) is 0 Å². The van der Waals surface area contributed by atoms with Gasteiger partial charge in [-0.05, 0) is 60.8 Å². The molecule has 0 saturated carbocycles. The Bertz CT molecular complexity index is 1020. The first kappa shape index (κ1) is 18.4.